The van der Waals surface area contributed by atoms with Gasteiger partial charge >= 0.3 is 0 Å². The van der Waals surface area contributed by atoms with Gasteiger partial charge in [-0.25, -0.2) is 0 Å². The van der Waals surface area contributed by atoms with E-state index in [-0.39, 0.29) is 24.4 Å². The molecule has 0 heterocycles. The number of nitrogens with zero attached hydrogens (tertiary/aromatic N) is 1. The molecular formula is C26H34Cl2N2O2. The van der Waals surface area contributed by atoms with Crippen LogP contribution < -0.4 is 5.32 Å². The molecule has 0 aliphatic heterocycles. The lowest BCUT2D eigenvalue weighted by atomic mass is 10.00. The Morgan fingerprint density at radius 1 is 1.00 bits per heavy atom. The molecule has 0 spiro atoms. The summed E-state index contributed by atoms with van der Waals surface area (Å²) >= 11 is 12.4. The number of hydrogen-bond donors (Lipinski definition) is 1. The lowest BCUT2D eigenvalue weighted by molar-refractivity contribution is -0.140. The van der Waals surface area contributed by atoms with Gasteiger partial charge in [0.1, 0.15) is 6.04 Å². The minimum atomic E-state index is -0.619. The van der Waals surface area contributed by atoms with Gasteiger partial charge in [-0.05, 0) is 61.4 Å². The van der Waals surface area contributed by atoms with Crippen molar-refractivity contribution in [3.8, 4) is 0 Å². The van der Waals surface area contributed by atoms with Crippen LogP contribution in [0.4, 0.5) is 0 Å². The molecule has 2 aromatic carbocycles. The summed E-state index contributed by atoms with van der Waals surface area (Å²) in [6, 6.07) is 13.0. The Hall–Kier alpha value is -2.04. The Bertz CT molecular complexity index is 913. The molecule has 0 fully saturated rings. The normalized spacial score (nSPS) is 13.0. The molecule has 174 valence electrons. The van der Waals surface area contributed by atoms with E-state index in [4.69, 9.17) is 23.2 Å². The lowest BCUT2D eigenvalue weighted by Crippen LogP contribution is -2.49. The van der Waals surface area contributed by atoms with Crippen LogP contribution in [0, 0.1) is 0 Å². The fourth-order valence-electron chi connectivity index (χ4n) is 3.35. The van der Waals surface area contributed by atoms with Crippen LogP contribution in [0.2, 0.25) is 10.0 Å². The number of nitrogens with one attached hydrogen (secondary N) is 1. The molecular weight excluding hydrogens is 443 g/mol. The van der Waals surface area contributed by atoms with Crippen molar-refractivity contribution < 1.29 is 9.59 Å². The summed E-state index contributed by atoms with van der Waals surface area (Å²) in [5.41, 5.74) is 3.13. The molecule has 0 bridgehead atoms. The second-order valence-corrected chi connectivity index (χ2v) is 9.49. The Morgan fingerprint density at radius 3 is 2.22 bits per heavy atom. The van der Waals surface area contributed by atoms with E-state index in [0.29, 0.717) is 28.8 Å². The van der Waals surface area contributed by atoms with Crippen molar-refractivity contribution in [1.82, 2.24) is 10.2 Å². The monoisotopic (exact) mass is 476 g/mol. The molecule has 2 atom stereocenters. The number of aryl methyl sites for hydroxylation is 1. The van der Waals surface area contributed by atoms with Gasteiger partial charge in [-0.15, -0.1) is 0 Å². The fourth-order valence-corrected chi connectivity index (χ4v) is 3.81. The number of rotatable bonds is 10. The van der Waals surface area contributed by atoms with Crippen LogP contribution in [-0.4, -0.2) is 28.8 Å². The molecule has 0 unspecified atom stereocenters. The van der Waals surface area contributed by atoms with Crippen LogP contribution >= 0.6 is 23.2 Å². The SMILES string of the molecule is CC[C@@H](C)NC(=O)[C@H](C)N(Cc1ccc(Cl)cc1Cl)C(=O)CCc1ccc(C(C)C)cc1. The van der Waals surface area contributed by atoms with Crippen molar-refractivity contribution in [3.05, 3.63) is 69.2 Å². The Kier molecular flexibility index (Phi) is 10.0. The summed E-state index contributed by atoms with van der Waals surface area (Å²) in [5, 5.41) is 3.99. The zero-order valence-electron chi connectivity index (χ0n) is 19.6. The van der Waals surface area contributed by atoms with Gasteiger partial charge < -0.3 is 10.2 Å². The number of halogens is 2. The largest absolute Gasteiger partial charge is 0.352 e. The van der Waals surface area contributed by atoms with Crippen LogP contribution in [-0.2, 0) is 22.6 Å². The van der Waals surface area contributed by atoms with Crippen molar-refractivity contribution in [1.29, 1.82) is 0 Å². The first kappa shape index (κ1) is 26.2. The zero-order valence-corrected chi connectivity index (χ0v) is 21.1. The Morgan fingerprint density at radius 2 is 1.66 bits per heavy atom. The van der Waals surface area contributed by atoms with Crippen LogP contribution in [0.15, 0.2) is 42.5 Å². The highest BCUT2D eigenvalue weighted by Crippen LogP contribution is 2.24. The predicted octanol–water partition coefficient (Wildman–Crippen LogP) is 6.38. The molecule has 32 heavy (non-hydrogen) atoms. The summed E-state index contributed by atoms with van der Waals surface area (Å²) in [5.74, 6) is 0.213. The highest BCUT2D eigenvalue weighted by molar-refractivity contribution is 6.35. The third-order valence-corrected chi connectivity index (χ3v) is 6.39. The smallest absolute Gasteiger partial charge is 0.242 e. The van der Waals surface area contributed by atoms with Gasteiger partial charge in [0.25, 0.3) is 0 Å². The van der Waals surface area contributed by atoms with E-state index >= 15 is 0 Å². The standard InChI is InChI=1S/C26H34Cl2N2O2/c1-6-18(4)29-26(32)19(5)30(16-22-12-13-23(27)15-24(22)28)25(31)14-9-20-7-10-21(11-8-20)17(2)3/h7-8,10-13,15,17-19H,6,9,14,16H2,1-5H3,(H,29,32)/t18-,19+/m1/s1. The first-order valence-corrected chi connectivity index (χ1v) is 12.0. The summed E-state index contributed by atoms with van der Waals surface area (Å²) in [6.07, 6.45) is 1.75. The van der Waals surface area contributed by atoms with Crippen LogP contribution in [0.3, 0.4) is 0 Å². The maximum absolute atomic E-state index is 13.3. The van der Waals surface area contributed by atoms with Crippen molar-refractivity contribution in [2.75, 3.05) is 0 Å². The molecule has 0 aliphatic rings. The molecule has 0 radical (unpaired) electrons. The van der Waals surface area contributed by atoms with Crippen LogP contribution in [0.1, 0.15) is 70.1 Å². The quantitative estimate of drug-likeness (QED) is 0.432. The maximum atomic E-state index is 13.3. The van der Waals surface area contributed by atoms with Gasteiger partial charge in [0.15, 0.2) is 0 Å². The number of benzene rings is 2. The van der Waals surface area contributed by atoms with Crippen molar-refractivity contribution in [2.24, 2.45) is 0 Å². The summed E-state index contributed by atoms with van der Waals surface area (Å²) in [7, 11) is 0. The minimum absolute atomic E-state index is 0.0421. The predicted molar refractivity (Wildman–Crippen MR) is 133 cm³/mol. The average molecular weight is 477 g/mol. The van der Waals surface area contributed by atoms with Gasteiger partial charge in [0.05, 0.1) is 0 Å². The number of carbonyl (C=O) groups excluding carboxylic acids is 2. The topological polar surface area (TPSA) is 49.4 Å². The molecule has 1 N–H and O–H groups in total. The molecule has 0 saturated carbocycles. The number of amides is 2. The van der Waals surface area contributed by atoms with Crippen LogP contribution in [0.5, 0.6) is 0 Å². The van der Waals surface area contributed by atoms with Gasteiger partial charge in [-0.3, -0.25) is 9.59 Å². The van der Waals surface area contributed by atoms with E-state index in [9.17, 15) is 9.59 Å². The van der Waals surface area contributed by atoms with Gasteiger partial charge in [0, 0.05) is 29.1 Å². The molecule has 4 nitrogen and oxygen atoms in total. The van der Waals surface area contributed by atoms with E-state index in [2.05, 4.69) is 43.4 Å². The lowest BCUT2D eigenvalue weighted by Gasteiger charge is -2.30. The first-order valence-electron chi connectivity index (χ1n) is 11.2. The fraction of sp³-hybridized carbons (Fsp3) is 0.462. The van der Waals surface area contributed by atoms with Crippen molar-refractivity contribution in [2.45, 2.75) is 78.4 Å². The highest BCUT2D eigenvalue weighted by Gasteiger charge is 2.27. The second kappa shape index (κ2) is 12.3. The van der Waals surface area contributed by atoms with Gasteiger partial charge in [-0.2, -0.15) is 0 Å². The van der Waals surface area contributed by atoms with E-state index in [1.165, 1.54) is 5.56 Å². The summed E-state index contributed by atoms with van der Waals surface area (Å²) in [6.45, 7) is 10.3. The van der Waals surface area contributed by atoms with Crippen molar-refractivity contribution in [3.63, 3.8) is 0 Å². The van der Waals surface area contributed by atoms with Gasteiger partial charge in [0.2, 0.25) is 11.8 Å². The zero-order chi connectivity index (χ0) is 23.8. The Labute approximate surface area is 202 Å². The highest BCUT2D eigenvalue weighted by atomic mass is 35.5. The molecule has 0 aromatic heterocycles. The molecule has 2 amide bonds. The third-order valence-electron chi connectivity index (χ3n) is 5.80. The maximum Gasteiger partial charge on any atom is 0.242 e. The molecule has 2 rings (SSSR count). The second-order valence-electron chi connectivity index (χ2n) is 8.65. The summed E-state index contributed by atoms with van der Waals surface area (Å²) < 4.78 is 0. The minimum Gasteiger partial charge on any atom is -0.352 e. The number of carbonyl (C=O) groups is 2. The molecule has 6 heteroatoms. The van der Waals surface area contributed by atoms with E-state index in [1.807, 2.05) is 13.8 Å². The average Bonchev–Trinajstić information content (AvgIpc) is 2.76. The summed E-state index contributed by atoms with van der Waals surface area (Å²) in [4.78, 5) is 27.7. The Balaban J connectivity index is 2.17. The molecule has 0 aliphatic carbocycles. The van der Waals surface area contributed by atoms with Crippen LogP contribution in [0.25, 0.3) is 0 Å². The van der Waals surface area contributed by atoms with E-state index in [1.54, 1.807) is 30.0 Å². The van der Waals surface area contributed by atoms with Gasteiger partial charge in [-0.1, -0.05) is 74.3 Å². The third kappa shape index (κ3) is 7.53. The molecule has 0 saturated heterocycles. The number of hydrogen-bond acceptors (Lipinski definition) is 2. The van der Waals surface area contributed by atoms with Crippen molar-refractivity contribution >= 4 is 35.0 Å². The first-order chi connectivity index (χ1) is 15.1. The molecule has 2 aromatic rings. The van der Waals surface area contributed by atoms with E-state index in [0.717, 1.165) is 17.5 Å². The van der Waals surface area contributed by atoms with E-state index < -0.39 is 6.04 Å².